The van der Waals surface area contributed by atoms with Gasteiger partial charge < -0.3 is 26.0 Å². The van der Waals surface area contributed by atoms with E-state index in [4.69, 9.17) is 26.8 Å². The van der Waals surface area contributed by atoms with E-state index in [0.717, 1.165) is 30.5 Å². The predicted molar refractivity (Wildman–Crippen MR) is 158 cm³/mol. The van der Waals surface area contributed by atoms with Crippen LogP contribution >= 0.6 is 11.6 Å². The van der Waals surface area contributed by atoms with Crippen LogP contribution in [0.25, 0.3) is 0 Å². The van der Waals surface area contributed by atoms with Crippen LogP contribution in [0.2, 0.25) is 5.02 Å². The Labute approximate surface area is 244 Å². The normalized spacial score (nSPS) is 18.0. The number of ether oxygens (including phenoxy) is 2. The molecule has 1 fully saturated rings. The highest BCUT2D eigenvalue weighted by molar-refractivity contribution is 6.33. The van der Waals surface area contributed by atoms with E-state index in [-0.39, 0.29) is 52.1 Å². The lowest BCUT2D eigenvalue weighted by atomic mass is 9.86. The van der Waals surface area contributed by atoms with Crippen molar-refractivity contribution in [2.45, 2.75) is 50.3 Å². The van der Waals surface area contributed by atoms with E-state index in [2.05, 4.69) is 17.1 Å². The number of carbonyl (C=O) groups is 1. The van der Waals surface area contributed by atoms with E-state index in [9.17, 15) is 13.6 Å². The first kappa shape index (κ1) is 32.3. The summed E-state index contributed by atoms with van der Waals surface area (Å²) in [5.74, 6) is -0.493. The molecule has 5 N–H and O–H groups in total. The van der Waals surface area contributed by atoms with Gasteiger partial charge in [0.1, 0.15) is 17.4 Å². The second kappa shape index (κ2) is 14.6. The maximum absolute atomic E-state index is 13.6. The van der Waals surface area contributed by atoms with Crippen LogP contribution < -0.4 is 15.8 Å². The van der Waals surface area contributed by atoms with E-state index >= 15 is 0 Å². The first-order valence-electron chi connectivity index (χ1n) is 13.4. The first-order valence-corrected chi connectivity index (χ1v) is 13.8. The summed E-state index contributed by atoms with van der Waals surface area (Å²) in [6.45, 7) is 3.61. The van der Waals surface area contributed by atoms with Crippen molar-refractivity contribution in [3.05, 3.63) is 94.0 Å². The zero-order valence-electron chi connectivity index (χ0n) is 23.5. The van der Waals surface area contributed by atoms with Gasteiger partial charge in [-0.3, -0.25) is 9.69 Å². The minimum absolute atomic E-state index is 0. The summed E-state index contributed by atoms with van der Waals surface area (Å²) in [5.41, 5.74) is 8.51. The number of amides is 1. The number of hydrogen-bond acceptors (Lipinski definition) is 5. The Bertz CT molecular complexity index is 1250. The SMILES string of the molecule is COc1cc(N)c(Cl)cc1C(=O)NC1CCN(C(C)CCC(c2ccc(F)cc2)c2ccc(F)cc2)CC1OC.O. The molecule has 0 saturated carbocycles. The number of nitrogens with zero attached hydrogens (tertiary/aromatic N) is 1. The Morgan fingerprint density at radius 2 is 1.63 bits per heavy atom. The molecule has 222 valence electrons. The average molecular weight is 590 g/mol. The second-order valence-corrected chi connectivity index (χ2v) is 10.7. The van der Waals surface area contributed by atoms with Crippen molar-refractivity contribution in [3.63, 3.8) is 0 Å². The highest BCUT2D eigenvalue weighted by Crippen LogP contribution is 2.32. The lowest BCUT2D eigenvalue weighted by Crippen LogP contribution is -2.56. The van der Waals surface area contributed by atoms with Gasteiger partial charge in [-0.1, -0.05) is 35.9 Å². The van der Waals surface area contributed by atoms with Crippen LogP contribution in [0.1, 0.15) is 53.6 Å². The molecule has 41 heavy (non-hydrogen) atoms. The van der Waals surface area contributed by atoms with E-state index in [1.165, 1.54) is 37.4 Å². The molecule has 7 nitrogen and oxygen atoms in total. The smallest absolute Gasteiger partial charge is 0.255 e. The summed E-state index contributed by atoms with van der Waals surface area (Å²) in [6, 6.07) is 16.1. The lowest BCUT2D eigenvalue weighted by molar-refractivity contribution is -0.00660. The molecule has 0 aromatic heterocycles. The topological polar surface area (TPSA) is 108 Å². The number of nitrogens with one attached hydrogen (secondary N) is 1. The Kier molecular flexibility index (Phi) is 11.5. The van der Waals surface area contributed by atoms with Crippen LogP contribution in [0.3, 0.4) is 0 Å². The van der Waals surface area contributed by atoms with Gasteiger partial charge in [0, 0.05) is 38.2 Å². The number of methoxy groups -OCH3 is 2. The largest absolute Gasteiger partial charge is 0.496 e. The monoisotopic (exact) mass is 589 g/mol. The van der Waals surface area contributed by atoms with Gasteiger partial charge in [0.2, 0.25) is 0 Å². The van der Waals surface area contributed by atoms with Crippen molar-refractivity contribution < 1.29 is 28.5 Å². The second-order valence-electron chi connectivity index (χ2n) is 10.3. The van der Waals surface area contributed by atoms with Crippen molar-refractivity contribution >= 4 is 23.2 Å². The van der Waals surface area contributed by atoms with Gasteiger partial charge >= 0.3 is 0 Å². The Morgan fingerprint density at radius 3 is 2.17 bits per heavy atom. The minimum Gasteiger partial charge on any atom is -0.496 e. The van der Waals surface area contributed by atoms with Crippen LogP contribution in [0.5, 0.6) is 5.75 Å². The third kappa shape index (κ3) is 7.95. The summed E-state index contributed by atoms with van der Waals surface area (Å²) < 4.78 is 38.3. The maximum Gasteiger partial charge on any atom is 0.255 e. The molecular weight excluding hydrogens is 552 g/mol. The summed E-state index contributed by atoms with van der Waals surface area (Å²) >= 11 is 6.16. The van der Waals surface area contributed by atoms with Crippen LogP contribution in [-0.4, -0.2) is 61.8 Å². The van der Waals surface area contributed by atoms with Gasteiger partial charge in [-0.25, -0.2) is 8.78 Å². The number of likely N-dealkylation sites (tertiary alicyclic amines) is 1. The molecule has 4 rings (SSSR count). The summed E-state index contributed by atoms with van der Waals surface area (Å²) in [6.07, 6.45) is 2.18. The van der Waals surface area contributed by atoms with Crippen molar-refractivity contribution in [2.24, 2.45) is 0 Å². The summed E-state index contributed by atoms with van der Waals surface area (Å²) in [5, 5.41) is 3.38. The number of carbonyl (C=O) groups excluding carboxylic acids is 1. The molecular formula is C31H38ClF2N3O4. The van der Waals surface area contributed by atoms with Crippen molar-refractivity contribution in [1.82, 2.24) is 10.2 Å². The van der Waals surface area contributed by atoms with E-state index in [0.29, 0.717) is 30.0 Å². The maximum atomic E-state index is 13.6. The van der Waals surface area contributed by atoms with Gasteiger partial charge in [-0.15, -0.1) is 0 Å². The Morgan fingerprint density at radius 1 is 1.05 bits per heavy atom. The molecule has 0 radical (unpaired) electrons. The lowest BCUT2D eigenvalue weighted by Gasteiger charge is -2.41. The molecule has 0 aliphatic carbocycles. The fraction of sp³-hybridized carbons (Fsp3) is 0.387. The van der Waals surface area contributed by atoms with Gasteiger partial charge in [-0.2, -0.15) is 0 Å². The predicted octanol–water partition coefficient (Wildman–Crippen LogP) is 5.20. The molecule has 1 aliphatic heterocycles. The minimum atomic E-state index is -0.297. The van der Waals surface area contributed by atoms with Gasteiger partial charge in [0.15, 0.2) is 0 Å². The molecule has 3 unspecified atom stereocenters. The number of benzene rings is 3. The van der Waals surface area contributed by atoms with Gasteiger partial charge in [0.05, 0.1) is 35.5 Å². The fourth-order valence-electron chi connectivity index (χ4n) is 5.41. The molecule has 3 aromatic rings. The average Bonchev–Trinajstić information content (AvgIpc) is 2.96. The fourth-order valence-corrected chi connectivity index (χ4v) is 5.58. The van der Waals surface area contributed by atoms with Crippen LogP contribution in [-0.2, 0) is 4.74 Å². The van der Waals surface area contributed by atoms with Crippen molar-refractivity contribution in [2.75, 3.05) is 33.0 Å². The highest BCUT2D eigenvalue weighted by Gasteiger charge is 2.33. The van der Waals surface area contributed by atoms with Gasteiger partial charge in [-0.05, 0) is 67.6 Å². The number of anilines is 1. The van der Waals surface area contributed by atoms with E-state index in [1.54, 1.807) is 37.4 Å². The molecule has 1 heterocycles. The third-order valence-electron chi connectivity index (χ3n) is 7.81. The molecule has 3 aromatic carbocycles. The number of halogens is 3. The number of rotatable bonds is 10. The first-order chi connectivity index (χ1) is 19.2. The number of piperidine rings is 1. The molecule has 0 spiro atoms. The zero-order valence-corrected chi connectivity index (χ0v) is 24.3. The molecule has 1 aliphatic rings. The quantitative estimate of drug-likeness (QED) is 0.316. The summed E-state index contributed by atoms with van der Waals surface area (Å²) in [7, 11) is 3.13. The zero-order chi connectivity index (χ0) is 28.8. The number of nitrogens with two attached hydrogens (primary N) is 1. The number of nitrogen functional groups attached to an aromatic ring is 1. The molecule has 10 heteroatoms. The molecule has 1 amide bonds. The van der Waals surface area contributed by atoms with Gasteiger partial charge in [0.25, 0.3) is 5.91 Å². The molecule has 1 saturated heterocycles. The Hall–Kier alpha value is -3.24. The standard InChI is InChI=1S/C31H36ClF2N3O3.H2O/c1-19(4-13-24(20-5-9-22(33)10-6-20)21-7-11-23(34)12-8-21)37-15-14-28(30(18-37)40-3)36-31(38)25-16-26(32)27(35)17-29(25)39-2;/h5-12,16-17,19,24,28,30H,4,13-15,18,35H2,1-3H3,(H,36,38);1H2. The number of hydrogen-bond donors (Lipinski definition) is 2. The van der Waals surface area contributed by atoms with Crippen LogP contribution in [0.15, 0.2) is 60.7 Å². The third-order valence-corrected chi connectivity index (χ3v) is 8.14. The van der Waals surface area contributed by atoms with Crippen LogP contribution in [0, 0.1) is 11.6 Å². The molecule has 3 atom stereocenters. The Balaban J connectivity index is 0.00000462. The van der Waals surface area contributed by atoms with E-state index < -0.39 is 0 Å². The van der Waals surface area contributed by atoms with Crippen molar-refractivity contribution in [1.29, 1.82) is 0 Å². The van der Waals surface area contributed by atoms with Crippen molar-refractivity contribution in [3.8, 4) is 5.75 Å². The summed E-state index contributed by atoms with van der Waals surface area (Å²) in [4.78, 5) is 15.5. The van der Waals surface area contributed by atoms with Crippen LogP contribution in [0.4, 0.5) is 14.5 Å². The molecule has 0 bridgehead atoms. The highest BCUT2D eigenvalue weighted by atomic mass is 35.5. The van der Waals surface area contributed by atoms with E-state index in [1.807, 2.05) is 0 Å².